The summed E-state index contributed by atoms with van der Waals surface area (Å²) in [6.07, 6.45) is 0.934. The largest absolute Gasteiger partial charge is 0.370 e. The predicted octanol–water partition coefficient (Wildman–Crippen LogP) is 3.24. The summed E-state index contributed by atoms with van der Waals surface area (Å²) in [6.45, 7) is 9.71. The van der Waals surface area contributed by atoms with Crippen molar-refractivity contribution in [1.29, 1.82) is 0 Å². The highest BCUT2D eigenvalue weighted by atomic mass is 32.2. The number of aromatic nitrogens is 2. The van der Waals surface area contributed by atoms with E-state index in [1.54, 1.807) is 0 Å². The lowest BCUT2D eigenvalue weighted by Gasteiger charge is -2.18. The molecule has 0 atom stereocenters. The quantitative estimate of drug-likeness (QED) is 0.895. The van der Waals surface area contributed by atoms with E-state index in [9.17, 15) is 0 Å². The highest BCUT2D eigenvalue weighted by molar-refractivity contribution is 7.98. The Morgan fingerprint density at radius 2 is 2.00 bits per heavy atom. The zero-order chi connectivity index (χ0) is 12.5. The first-order valence-electron chi connectivity index (χ1n) is 6.20. The van der Waals surface area contributed by atoms with Gasteiger partial charge in [0.2, 0.25) is 0 Å². The van der Waals surface area contributed by atoms with Gasteiger partial charge in [-0.3, -0.25) is 0 Å². The van der Waals surface area contributed by atoms with Gasteiger partial charge in [0, 0.05) is 30.0 Å². The standard InChI is InChI=1S/C13H21N3S/c1-5-14-12-9-7-17-8-10(9)15-11(16-12)6-13(2,3)4/h5-8H2,1-4H3,(H,14,15,16). The number of hydrogen-bond donors (Lipinski definition) is 1. The Balaban J connectivity index is 2.32. The van der Waals surface area contributed by atoms with E-state index < -0.39 is 0 Å². The van der Waals surface area contributed by atoms with Gasteiger partial charge in [-0.15, -0.1) is 0 Å². The number of anilines is 1. The highest BCUT2D eigenvalue weighted by Gasteiger charge is 2.21. The fourth-order valence-corrected chi connectivity index (χ4v) is 3.01. The van der Waals surface area contributed by atoms with Gasteiger partial charge in [0.05, 0.1) is 5.69 Å². The molecule has 1 aliphatic rings. The van der Waals surface area contributed by atoms with Gasteiger partial charge in [0.1, 0.15) is 11.6 Å². The van der Waals surface area contributed by atoms with E-state index in [0.717, 1.165) is 36.1 Å². The van der Waals surface area contributed by atoms with Crippen molar-refractivity contribution < 1.29 is 0 Å². The molecule has 0 unspecified atom stereocenters. The second-order valence-electron chi connectivity index (χ2n) is 5.67. The van der Waals surface area contributed by atoms with Gasteiger partial charge >= 0.3 is 0 Å². The summed E-state index contributed by atoms with van der Waals surface area (Å²) in [4.78, 5) is 9.39. The lowest BCUT2D eigenvalue weighted by molar-refractivity contribution is 0.400. The van der Waals surface area contributed by atoms with Crippen LogP contribution in [0.1, 0.15) is 44.8 Å². The number of rotatable bonds is 3. The van der Waals surface area contributed by atoms with Crippen LogP contribution in [0.4, 0.5) is 5.82 Å². The SMILES string of the molecule is CCNc1nc(CC(C)(C)C)nc2c1CSC2. The van der Waals surface area contributed by atoms with E-state index in [2.05, 4.69) is 38.0 Å². The van der Waals surface area contributed by atoms with Crippen LogP contribution in [0.3, 0.4) is 0 Å². The minimum atomic E-state index is 0.240. The summed E-state index contributed by atoms with van der Waals surface area (Å²) in [5.74, 6) is 4.12. The maximum atomic E-state index is 4.71. The summed E-state index contributed by atoms with van der Waals surface area (Å²) in [5, 5.41) is 3.37. The summed E-state index contributed by atoms with van der Waals surface area (Å²) < 4.78 is 0. The Labute approximate surface area is 108 Å². The van der Waals surface area contributed by atoms with E-state index in [4.69, 9.17) is 4.98 Å². The summed E-state index contributed by atoms with van der Waals surface area (Å²) >= 11 is 1.93. The predicted molar refractivity (Wildman–Crippen MR) is 74.4 cm³/mol. The van der Waals surface area contributed by atoms with E-state index >= 15 is 0 Å². The zero-order valence-electron chi connectivity index (χ0n) is 11.1. The Hall–Kier alpha value is -0.770. The Bertz CT molecular complexity index is 410. The first-order valence-corrected chi connectivity index (χ1v) is 7.35. The maximum absolute atomic E-state index is 4.71. The second-order valence-corrected chi connectivity index (χ2v) is 6.66. The normalized spacial score (nSPS) is 14.8. The van der Waals surface area contributed by atoms with Crippen LogP contribution in [-0.4, -0.2) is 16.5 Å². The summed E-state index contributed by atoms with van der Waals surface area (Å²) in [7, 11) is 0. The molecule has 0 bridgehead atoms. The number of nitrogens with zero attached hydrogens (tertiary/aromatic N) is 2. The highest BCUT2D eigenvalue weighted by Crippen LogP contribution is 2.33. The lowest BCUT2D eigenvalue weighted by atomic mass is 9.92. The van der Waals surface area contributed by atoms with Gasteiger partial charge in [-0.05, 0) is 12.3 Å². The van der Waals surface area contributed by atoms with Crippen molar-refractivity contribution in [3.8, 4) is 0 Å². The number of fused-ring (bicyclic) bond motifs is 1. The van der Waals surface area contributed by atoms with Crippen LogP contribution in [0.2, 0.25) is 0 Å². The smallest absolute Gasteiger partial charge is 0.134 e. The van der Waals surface area contributed by atoms with Gasteiger partial charge in [-0.1, -0.05) is 20.8 Å². The molecule has 1 aliphatic heterocycles. The molecular formula is C13H21N3S. The molecule has 0 saturated heterocycles. The van der Waals surface area contributed by atoms with Crippen LogP contribution < -0.4 is 5.32 Å². The maximum Gasteiger partial charge on any atom is 0.134 e. The molecule has 1 aromatic heterocycles. The summed E-state index contributed by atoms with van der Waals surface area (Å²) in [5.41, 5.74) is 2.79. The van der Waals surface area contributed by atoms with E-state index in [1.807, 2.05) is 11.8 Å². The van der Waals surface area contributed by atoms with Gasteiger partial charge in [0.25, 0.3) is 0 Å². The first kappa shape index (κ1) is 12.7. The van der Waals surface area contributed by atoms with Crippen molar-refractivity contribution in [2.75, 3.05) is 11.9 Å². The number of hydrogen-bond acceptors (Lipinski definition) is 4. The molecule has 2 rings (SSSR count). The van der Waals surface area contributed by atoms with Crippen LogP contribution in [-0.2, 0) is 17.9 Å². The molecule has 4 heteroatoms. The third-order valence-electron chi connectivity index (χ3n) is 2.66. The van der Waals surface area contributed by atoms with Crippen LogP contribution in [0.25, 0.3) is 0 Å². The second kappa shape index (κ2) is 4.84. The first-order chi connectivity index (χ1) is 7.99. The van der Waals surface area contributed by atoms with Crippen molar-refractivity contribution in [1.82, 2.24) is 9.97 Å². The van der Waals surface area contributed by atoms with E-state index in [0.29, 0.717) is 0 Å². The third kappa shape index (κ3) is 3.12. The minimum absolute atomic E-state index is 0.240. The van der Waals surface area contributed by atoms with Crippen molar-refractivity contribution in [3.63, 3.8) is 0 Å². The molecule has 0 amide bonds. The van der Waals surface area contributed by atoms with Crippen molar-refractivity contribution >= 4 is 17.6 Å². The molecule has 0 spiro atoms. The molecule has 0 fully saturated rings. The van der Waals surface area contributed by atoms with Crippen LogP contribution in [0.5, 0.6) is 0 Å². The average Bonchev–Trinajstić information content (AvgIpc) is 2.63. The topological polar surface area (TPSA) is 37.8 Å². The molecule has 17 heavy (non-hydrogen) atoms. The van der Waals surface area contributed by atoms with Gasteiger partial charge in [0.15, 0.2) is 0 Å². The molecule has 3 nitrogen and oxygen atoms in total. The minimum Gasteiger partial charge on any atom is -0.370 e. The zero-order valence-corrected chi connectivity index (χ0v) is 11.9. The number of nitrogens with one attached hydrogen (secondary N) is 1. The van der Waals surface area contributed by atoms with Crippen LogP contribution >= 0.6 is 11.8 Å². The molecule has 2 heterocycles. The fraction of sp³-hybridized carbons (Fsp3) is 0.692. The average molecular weight is 251 g/mol. The number of thioether (sulfide) groups is 1. The van der Waals surface area contributed by atoms with Gasteiger partial charge in [-0.2, -0.15) is 11.8 Å². The molecule has 0 saturated carbocycles. The molecule has 1 aromatic rings. The van der Waals surface area contributed by atoms with Crippen molar-refractivity contribution in [2.24, 2.45) is 5.41 Å². The Morgan fingerprint density at radius 1 is 1.24 bits per heavy atom. The van der Waals surface area contributed by atoms with Crippen molar-refractivity contribution in [2.45, 2.75) is 45.6 Å². The van der Waals surface area contributed by atoms with E-state index in [1.165, 1.54) is 11.3 Å². The third-order valence-corrected chi connectivity index (χ3v) is 3.63. The molecule has 0 aliphatic carbocycles. The lowest BCUT2D eigenvalue weighted by Crippen LogP contribution is -2.15. The van der Waals surface area contributed by atoms with Gasteiger partial charge < -0.3 is 5.32 Å². The summed E-state index contributed by atoms with van der Waals surface area (Å²) in [6, 6.07) is 0. The van der Waals surface area contributed by atoms with Crippen LogP contribution in [0, 0.1) is 5.41 Å². The monoisotopic (exact) mass is 251 g/mol. The van der Waals surface area contributed by atoms with Crippen LogP contribution in [0.15, 0.2) is 0 Å². The molecule has 1 N–H and O–H groups in total. The van der Waals surface area contributed by atoms with Gasteiger partial charge in [-0.25, -0.2) is 9.97 Å². The fourth-order valence-electron chi connectivity index (χ4n) is 1.97. The van der Waals surface area contributed by atoms with Crippen molar-refractivity contribution in [3.05, 3.63) is 17.1 Å². The molecule has 94 valence electrons. The van der Waals surface area contributed by atoms with E-state index in [-0.39, 0.29) is 5.41 Å². The Morgan fingerprint density at radius 3 is 2.65 bits per heavy atom. The molecule has 0 aromatic carbocycles. The molecular weight excluding hydrogens is 230 g/mol. The molecule has 0 radical (unpaired) electrons. The Kier molecular flexibility index (Phi) is 3.61.